The number of carbonyl (C=O) groups excluding carboxylic acids is 2. The van der Waals surface area contributed by atoms with Crippen molar-refractivity contribution in [3.05, 3.63) is 121 Å². The Kier molecular flexibility index (Phi) is 15.2. The normalized spacial score (nSPS) is 8.00. The molecule has 156 valence electrons. The first-order chi connectivity index (χ1) is 14.8. The van der Waals surface area contributed by atoms with Crippen LogP contribution < -0.4 is 0 Å². The van der Waals surface area contributed by atoms with Gasteiger partial charge in [-0.1, -0.05) is 129 Å². The zero-order valence-corrected chi connectivity index (χ0v) is 16.4. The Morgan fingerprint density at radius 3 is 0.645 bits per heavy atom. The lowest BCUT2D eigenvalue weighted by Crippen LogP contribution is -1.73. The van der Waals surface area contributed by atoms with Gasteiger partial charge >= 0.3 is 0 Å². The molecule has 0 spiro atoms. The van der Waals surface area contributed by atoms with Crippen LogP contribution in [-0.2, 0) is 9.59 Å². The lowest BCUT2D eigenvalue weighted by atomic mass is 10.1. The van der Waals surface area contributed by atoms with Gasteiger partial charge in [-0.05, 0) is 22.3 Å². The molecular weight excluding hydrogens is 384 g/mol. The van der Waals surface area contributed by atoms with Gasteiger partial charge in [-0.15, -0.1) is 0 Å². The molecule has 0 aliphatic heterocycles. The summed E-state index contributed by atoms with van der Waals surface area (Å²) >= 11 is 0. The van der Waals surface area contributed by atoms with Gasteiger partial charge in [0.1, 0.15) is 0 Å². The van der Waals surface area contributed by atoms with E-state index in [4.69, 9.17) is 20.4 Å². The molecule has 0 saturated heterocycles. The summed E-state index contributed by atoms with van der Waals surface area (Å²) in [5.74, 6) is 0. The molecule has 4 rings (SSSR count). The fourth-order valence-electron chi connectivity index (χ4n) is 2.52. The van der Waals surface area contributed by atoms with E-state index >= 15 is 0 Å². The molecule has 31 heavy (non-hydrogen) atoms. The van der Waals surface area contributed by atoms with E-state index in [9.17, 15) is 0 Å². The van der Waals surface area contributed by atoms with Gasteiger partial charge in [0.25, 0.3) is 0 Å². The number of rotatable bonds is 2. The van der Waals surface area contributed by atoms with E-state index in [2.05, 4.69) is 97.1 Å². The van der Waals surface area contributed by atoms with E-state index < -0.39 is 0 Å². The summed E-state index contributed by atoms with van der Waals surface area (Å²) in [6, 6.07) is 41.6. The van der Waals surface area contributed by atoms with Crippen molar-refractivity contribution < 1.29 is 9.59 Å². The molecular formula is C27H26N2O2. The van der Waals surface area contributed by atoms with E-state index in [1.165, 1.54) is 22.3 Å². The van der Waals surface area contributed by atoms with Crippen LogP contribution in [-0.4, -0.2) is 12.2 Å². The van der Waals surface area contributed by atoms with Crippen LogP contribution in [0.15, 0.2) is 121 Å². The third-order valence-electron chi connectivity index (χ3n) is 3.76. The highest BCUT2D eigenvalue weighted by molar-refractivity contribution is 5.63. The molecule has 0 aliphatic carbocycles. The second-order valence-corrected chi connectivity index (χ2v) is 5.67. The van der Waals surface area contributed by atoms with Gasteiger partial charge in [0.2, 0.25) is 12.2 Å². The molecule has 0 atom stereocenters. The average molecular weight is 411 g/mol. The molecule has 0 radical (unpaired) electrons. The first-order valence-corrected chi connectivity index (χ1v) is 9.05. The second-order valence-electron chi connectivity index (χ2n) is 5.67. The van der Waals surface area contributed by atoms with E-state index in [1.807, 2.05) is 24.3 Å². The predicted molar refractivity (Wildman–Crippen MR) is 127 cm³/mol. The van der Waals surface area contributed by atoms with Gasteiger partial charge in [0.15, 0.2) is 0 Å². The fraction of sp³-hybridized carbons (Fsp3) is 0.0370. The van der Waals surface area contributed by atoms with Crippen LogP contribution in [0.4, 0.5) is 0 Å². The third-order valence-corrected chi connectivity index (χ3v) is 3.76. The minimum atomic E-state index is 0. The van der Waals surface area contributed by atoms with E-state index in [0.29, 0.717) is 0 Å². The quantitative estimate of drug-likeness (QED) is 0.272. The van der Waals surface area contributed by atoms with Crippen LogP contribution in [0, 0.1) is 10.8 Å². The highest BCUT2D eigenvalue weighted by atomic mass is 16.1. The van der Waals surface area contributed by atoms with Crippen LogP contribution in [0.3, 0.4) is 0 Å². The van der Waals surface area contributed by atoms with Gasteiger partial charge in [0.05, 0.1) is 0 Å². The van der Waals surface area contributed by atoms with E-state index in [-0.39, 0.29) is 7.43 Å². The van der Waals surface area contributed by atoms with Crippen molar-refractivity contribution in [2.45, 2.75) is 7.43 Å². The molecule has 0 aliphatic rings. The molecule has 4 aromatic rings. The summed E-state index contributed by atoms with van der Waals surface area (Å²) in [5.41, 5.74) is 5.10. The SMILES string of the molecule is C.N=C=O.N=C=O.c1ccc(-c2ccccc2)cc1.c1ccc(-c2ccccc2)cc1. The molecule has 4 heteroatoms. The summed E-state index contributed by atoms with van der Waals surface area (Å²) in [6.45, 7) is 0. The van der Waals surface area contributed by atoms with Gasteiger partial charge in [-0.2, -0.15) is 0 Å². The minimum absolute atomic E-state index is 0. The van der Waals surface area contributed by atoms with Gasteiger partial charge in [-0.3, -0.25) is 0 Å². The number of isocyanates is 2. The molecule has 0 fully saturated rings. The number of nitrogens with one attached hydrogen (secondary N) is 2. The Bertz CT molecular complexity index is 846. The van der Waals surface area contributed by atoms with Gasteiger partial charge in [0, 0.05) is 0 Å². The molecule has 0 heterocycles. The Morgan fingerprint density at radius 2 is 0.516 bits per heavy atom. The lowest BCUT2D eigenvalue weighted by Gasteiger charge is -1.98. The number of hydrogen-bond donors (Lipinski definition) is 2. The van der Waals surface area contributed by atoms with Crippen molar-refractivity contribution in [2.24, 2.45) is 0 Å². The van der Waals surface area contributed by atoms with Crippen molar-refractivity contribution in [1.82, 2.24) is 0 Å². The lowest BCUT2D eigenvalue weighted by molar-refractivity contribution is 0.562. The van der Waals surface area contributed by atoms with Crippen LogP contribution in [0.1, 0.15) is 7.43 Å². The van der Waals surface area contributed by atoms with Crippen LogP contribution in [0.2, 0.25) is 0 Å². The Hall–Kier alpha value is -4.36. The molecule has 0 unspecified atom stereocenters. The summed E-state index contributed by atoms with van der Waals surface area (Å²) in [6.07, 6.45) is 1.50. The topological polar surface area (TPSA) is 81.8 Å². The van der Waals surface area contributed by atoms with E-state index in [1.54, 1.807) is 0 Å². The molecule has 4 aromatic carbocycles. The predicted octanol–water partition coefficient (Wildman–Crippen LogP) is 7.15. The van der Waals surface area contributed by atoms with Gasteiger partial charge in [-0.25, -0.2) is 20.4 Å². The Balaban J connectivity index is 0.000000453. The molecule has 0 amide bonds. The second kappa shape index (κ2) is 17.7. The molecule has 4 nitrogen and oxygen atoms in total. The highest BCUT2D eigenvalue weighted by Gasteiger charge is 1.92. The first kappa shape index (κ1) is 26.6. The first-order valence-electron chi connectivity index (χ1n) is 9.05. The van der Waals surface area contributed by atoms with Crippen molar-refractivity contribution in [2.75, 3.05) is 0 Å². The smallest absolute Gasteiger partial charge is 0.222 e. The van der Waals surface area contributed by atoms with Crippen LogP contribution in [0.25, 0.3) is 22.3 Å². The summed E-state index contributed by atoms with van der Waals surface area (Å²) in [4.78, 5) is 16.7. The Labute approximate surface area is 183 Å². The summed E-state index contributed by atoms with van der Waals surface area (Å²) < 4.78 is 0. The number of hydrogen-bond acceptors (Lipinski definition) is 4. The third kappa shape index (κ3) is 11.3. The maximum Gasteiger partial charge on any atom is 0.231 e. The number of benzene rings is 4. The van der Waals surface area contributed by atoms with Crippen molar-refractivity contribution >= 4 is 12.2 Å². The monoisotopic (exact) mass is 410 g/mol. The maximum absolute atomic E-state index is 8.35. The van der Waals surface area contributed by atoms with Crippen LogP contribution in [0.5, 0.6) is 0 Å². The summed E-state index contributed by atoms with van der Waals surface area (Å²) in [7, 11) is 0. The van der Waals surface area contributed by atoms with Crippen molar-refractivity contribution in [3.8, 4) is 22.3 Å². The zero-order chi connectivity index (χ0) is 21.9. The molecule has 2 N–H and O–H groups in total. The van der Waals surface area contributed by atoms with Crippen molar-refractivity contribution in [3.63, 3.8) is 0 Å². The Morgan fingerprint density at radius 1 is 0.387 bits per heavy atom. The standard InChI is InChI=1S/2C12H10.2CHNO.CH4/c2*1-3-7-11(8-4-1)12-9-5-2-6-10-12;2*2-1-3;/h2*1-10H;2*2H;1H4. The average Bonchev–Trinajstić information content (AvgIpc) is 2.83. The fourth-order valence-corrected chi connectivity index (χ4v) is 2.52. The summed E-state index contributed by atoms with van der Waals surface area (Å²) in [5, 5.41) is 10.8. The van der Waals surface area contributed by atoms with Crippen LogP contribution >= 0.6 is 0 Å². The molecule has 0 bridgehead atoms. The van der Waals surface area contributed by atoms with Gasteiger partial charge < -0.3 is 0 Å². The minimum Gasteiger partial charge on any atom is -0.222 e. The molecule has 0 saturated carbocycles. The molecule has 0 aromatic heterocycles. The maximum atomic E-state index is 8.35. The zero-order valence-electron chi connectivity index (χ0n) is 16.4. The van der Waals surface area contributed by atoms with Crippen molar-refractivity contribution in [1.29, 1.82) is 10.8 Å². The largest absolute Gasteiger partial charge is 0.231 e. The highest BCUT2D eigenvalue weighted by Crippen LogP contribution is 2.18. The van der Waals surface area contributed by atoms with E-state index in [0.717, 1.165) is 12.2 Å².